The van der Waals surface area contributed by atoms with Gasteiger partial charge in [-0.1, -0.05) is 29.8 Å². The van der Waals surface area contributed by atoms with Crippen molar-refractivity contribution in [2.24, 2.45) is 0 Å². The van der Waals surface area contributed by atoms with Crippen LogP contribution < -0.4 is 10.6 Å². The normalized spacial score (nSPS) is 10.4. The van der Waals surface area contributed by atoms with E-state index in [0.29, 0.717) is 22.0 Å². The Hall–Kier alpha value is -2.92. The lowest BCUT2D eigenvalue weighted by Gasteiger charge is -2.11. The number of pyridine rings is 1. The largest absolute Gasteiger partial charge is 0.348 e. The first-order valence-electron chi connectivity index (χ1n) is 8.04. The van der Waals surface area contributed by atoms with Gasteiger partial charge < -0.3 is 10.6 Å². The molecule has 6 heteroatoms. The van der Waals surface area contributed by atoms with Crippen LogP contribution >= 0.6 is 11.6 Å². The molecule has 1 heterocycles. The molecule has 0 aliphatic rings. The van der Waals surface area contributed by atoms with Crippen molar-refractivity contribution >= 4 is 29.0 Å². The zero-order chi connectivity index (χ0) is 18.5. The zero-order valence-electron chi connectivity index (χ0n) is 14.1. The van der Waals surface area contributed by atoms with Crippen LogP contribution in [0.3, 0.4) is 0 Å². The molecular formula is C20H17ClFN3O. The number of carbonyl (C=O) groups is 1. The van der Waals surface area contributed by atoms with E-state index in [9.17, 15) is 9.18 Å². The molecular weight excluding hydrogens is 353 g/mol. The Morgan fingerprint density at radius 2 is 1.96 bits per heavy atom. The molecule has 0 aliphatic carbocycles. The van der Waals surface area contributed by atoms with Crippen molar-refractivity contribution in [1.29, 1.82) is 0 Å². The number of aryl methyl sites for hydroxylation is 1. The molecule has 1 amide bonds. The Morgan fingerprint density at radius 1 is 1.15 bits per heavy atom. The fraction of sp³-hybridized carbons (Fsp3) is 0.100. The molecule has 1 aromatic heterocycles. The van der Waals surface area contributed by atoms with Crippen LogP contribution in [0, 0.1) is 12.7 Å². The average Bonchev–Trinajstić information content (AvgIpc) is 2.63. The number of halogens is 2. The molecule has 0 radical (unpaired) electrons. The van der Waals surface area contributed by atoms with Crippen molar-refractivity contribution in [2.45, 2.75) is 13.5 Å². The lowest BCUT2D eigenvalue weighted by molar-refractivity contribution is 0.0950. The Kier molecular flexibility index (Phi) is 5.49. The molecule has 4 nitrogen and oxygen atoms in total. The number of nitrogens with zero attached hydrogens (tertiary/aromatic N) is 1. The van der Waals surface area contributed by atoms with Gasteiger partial charge in [0.2, 0.25) is 0 Å². The number of hydrogen-bond acceptors (Lipinski definition) is 3. The number of hydrogen-bond donors (Lipinski definition) is 2. The molecule has 0 saturated heterocycles. The predicted octanol–water partition coefficient (Wildman–Crippen LogP) is 4.86. The van der Waals surface area contributed by atoms with E-state index in [-0.39, 0.29) is 18.3 Å². The van der Waals surface area contributed by atoms with Crippen LogP contribution in [-0.4, -0.2) is 10.9 Å². The predicted molar refractivity (Wildman–Crippen MR) is 101 cm³/mol. The Bertz CT molecular complexity index is 946. The summed E-state index contributed by atoms with van der Waals surface area (Å²) in [5, 5.41) is 6.54. The highest BCUT2D eigenvalue weighted by atomic mass is 35.5. The van der Waals surface area contributed by atoms with E-state index in [1.54, 1.807) is 42.6 Å². The van der Waals surface area contributed by atoms with Gasteiger partial charge in [-0.2, -0.15) is 0 Å². The van der Waals surface area contributed by atoms with E-state index >= 15 is 0 Å². The van der Waals surface area contributed by atoms with Gasteiger partial charge in [-0.3, -0.25) is 4.79 Å². The van der Waals surface area contributed by atoms with E-state index < -0.39 is 0 Å². The molecule has 0 spiro atoms. The molecule has 132 valence electrons. The van der Waals surface area contributed by atoms with Gasteiger partial charge in [0.25, 0.3) is 5.91 Å². The maximum atomic E-state index is 13.6. The van der Waals surface area contributed by atoms with Gasteiger partial charge in [0.05, 0.1) is 0 Å². The molecule has 0 saturated carbocycles. The number of nitrogens with one attached hydrogen (secondary N) is 2. The second-order valence-corrected chi connectivity index (χ2v) is 6.22. The van der Waals surface area contributed by atoms with Gasteiger partial charge in [0, 0.05) is 34.6 Å². The Labute approximate surface area is 156 Å². The first-order chi connectivity index (χ1) is 12.5. The van der Waals surface area contributed by atoms with Crippen molar-refractivity contribution in [1.82, 2.24) is 10.3 Å². The number of anilines is 2. The van der Waals surface area contributed by atoms with Crippen LogP contribution in [-0.2, 0) is 6.54 Å². The van der Waals surface area contributed by atoms with Crippen molar-refractivity contribution in [3.8, 4) is 0 Å². The highest BCUT2D eigenvalue weighted by Crippen LogP contribution is 2.23. The molecule has 0 atom stereocenters. The average molecular weight is 370 g/mol. The molecule has 0 bridgehead atoms. The van der Waals surface area contributed by atoms with E-state index in [1.165, 1.54) is 6.07 Å². The summed E-state index contributed by atoms with van der Waals surface area (Å²) in [5.74, 6) is -0.108. The number of benzene rings is 2. The van der Waals surface area contributed by atoms with Gasteiger partial charge in [0.15, 0.2) is 0 Å². The van der Waals surface area contributed by atoms with Gasteiger partial charge in [0.1, 0.15) is 11.6 Å². The molecule has 0 unspecified atom stereocenters. The molecule has 3 aromatic rings. The zero-order valence-corrected chi connectivity index (χ0v) is 14.8. The highest BCUT2D eigenvalue weighted by Gasteiger charge is 2.09. The summed E-state index contributed by atoms with van der Waals surface area (Å²) in [6.07, 6.45) is 1.55. The fourth-order valence-corrected chi connectivity index (χ4v) is 2.69. The fourth-order valence-electron chi connectivity index (χ4n) is 2.46. The number of carbonyl (C=O) groups excluding carboxylic acids is 1. The third-order valence-corrected chi connectivity index (χ3v) is 4.11. The van der Waals surface area contributed by atoms with Gasteiger partial charge in [-0.25, -0.2) is 9.37 Å². The monoisotopic (exact) mass is 369 g/mol. The summed E-state index contributed by atoms with van der Waals surface area (Å²) < 4.78 is 13.6. The van der Waals surface area contributed by atoms with Gasteiger partial charge in [-0.05, 0) is 48.9 Å². The topological polar surface area (TPSA) is 54.0 Å². The third-order valence-electron chi connectivity index (χ3n) is 3.87. The molecule has 0 fully saturated rings. The van der Waals surface area contributed by atoms with Crippen LogP contribution in [0.15, 0.2) is 60.8 Å². The Morgan fingerprint density at radius 3 is 2.73 bits per heavy atom. The van der Waals surface area contributed by atoms with Crippen LogP contribution in [0.2, 0.25) is 5.02 Å². The molecule has 0 aliphatic heterocycles. The van der Waals surface area contributed by atoms with E-state index in [1.807, 2.05) is 19.1 Å². The van der Waals surface area contributed by atoms with Crippen LogP contribution in [0.5, 0.6) is 0 Å². The third kappa shape index (κ3) is 4.37. The minimum Gasteiger partial charge on any atom is -0.348 e. The summed E-state index contributed by atoms with van der Waals surface area (Å²) in [4.78, 5) is 16.6. The van der Waals surface area contributed by atoms with Crippen LogP contribution in [0.4, 0.5) is 15.9 Å². The molecule has 26 heavy (non-hydrogen) atoms. The quantitative estimate of drug-likeness (QED) is 0.675. The Balaban J connectivity index is 1.70. The van der Waals surface area contributed by atoms with Crippen LogP contribution in [0.1, 0.15) is 21.5 Å². The second-order valence-electron chi connectivity index (χ2n) is 5.79. The van der Waals surface area contributed by atoms with Crippen molar-refractivity contribution in [3.05, 3.63) is 88.3 Å². The van der Waals surface area contributed by atoms with E-state index in [4.69, 9.17) is 11.6 Å². The summed E-state index contributed by atoms with van der Waals surface area (Å²) in [5.41, 5.74) is 2.69. The second kappa shape index (κ2) is 7.97. The van der Waals surface area contributed by atoms with Crippen molar-refractivity contribution in [2.75, 3.05) is 5.32 Å². The van der Waals surface area contributed by atoms with Gasteiger partial charge >= 0.3 is 0 Å². The maximum absolute atomic E-state index is 13.6. The minimum absolute atomic E-state index is 0.118. The smallest absolute Gasteiger partial charge is 0.251 e. The number of amides is 1. The lowest BCUT2D eigenvalue weighted by atomic mass is 10.2. The summed E-state index contributed by atoms with van der Waals surface area (Å²) in [6.45, 7) is 2.05. The minimum atomic E-state index is -0.344. The van der Waals surface area contributed by atoms with Crippen molar-refractivity contribution in [3.63, 3.8) is 0 Å². The molecule has 2 N–H and O–H groups in total. The van der Waals surface area contributed by atoms with Gasteiger partial charge in [-0.15, -0.1) is 0 Å². The number of aromatic nitrogens is 1. The maximum Gasteiger partial charge on any atom is 0.251 e. The molecule has 3 rings (SSSR count). The summed E-state index contributed by atoms with van der Waals surface area (Å²) in [6, 6.07) is 15.1. The number of rotatable bonds is 5. The highest BCUT2D eigenvalue weighted by molar-refractivity contribution is 6.30. The standard InChI is InChI=1S/C20H17ClFN3O/c1-13-10-16(21)6-7-18(13)25-19-11-14(8-9-23-19)20(26)24-12-15-4-2-3-5-17(15)22/h2-11H,12H2,1H3,(H,23,25)(H,24,26). The van der Waals surface area contributed by atoms with Crippen LogP contribution in [0.25, 0.3) is 0 Å². The van der Waals surface area contributed by atoms with E-state index in [2.05, 4.69) is 15.6 Å². The summed E-state index contributed by atoms with van der Waals surface area (Å²) >= 11 is 5.96. The summed E-state index contributed by atoms with van der Waals surface area (Å²) in [7, 11) is 0. The SMILES string of the molecule is Cc1cc(Cl)ccc1Nc1cc(C(=O)NCc2ccccc2F)ccn1. The molecule has 2 aromatic carbocycles. The van der Waals surface area contributed by atoms with E-state index in [0.717, 1.165) is 11.3 Å². The first-order valence-corrected chi connectivity index (χ1v) is 8.41. The first kappa shape index (κ1) is 17.9. The van der Waals surface area contributed by atoms with Crippen molar-refractivity contribution < 1.29 is 9.18 Å². The lowest BCUT2D eigenvalue weighted by Crippen LogP contribution is -2.23.